The van der Waals surface area contributed by atoms with Crippen molar-refractivity contribution in [1.82, 2.24) is 10.2 Å². The van der Waals surface area contributed by atoms with Gasteiger partial charge >= 0.3 is 0 Å². The highest BCUT2D eigenvalue weighted by Crippen LogP contribution is 2.09. The van der Waals surface area contributed by atoms with Crippen LogP contribution in [0, 0.1) is 5.82 Å². The lowest BCUT2D eigenvalue weighted by Crippen LogP contribution is -2.31. The van der Waals surface area contributed by atoms with E-state index in [1.807, 2.05) is 12.1 Å². The van der Waals surface area contributed by atoms with Crippen LogP contribution in [0.1, 0.15) is 25.8 Å². The molecule has 0 heterocycles. The molecule has 0 spiro atoms. The summed E-state index contributed by atoms with van der Waals surface area (Å²) in [6, 6.07) is 7.27. The Bertz CT molecular complexity index is 311. The number of benzene rings is 1. The second-order valence-electron chi connectivity index (χ2n) is 4.53. The first-order chi connectivity index (χ1) is 8.13. The van der Waals surface area contributed by atoms with Crippen molar-refractivity contribution >= 4 is 0 Å². The van der Waals surface area contributed by atoms with Crippen LogP contribution in [-0.4, -0.2) is 31.1 Å². The lowest BCUT2D eigenvalue weighted by molar-refractivity contribution is 0.237. The zero-order chi connectivity index (χ0) is 12.7. The van der Waals surface area contributed by atoms with E-state index in [4.69, 9.17) is 0 Å². The molecule has 0 radical (unpaired) electrons. The van der Waals surface area contributed by atoms with E-state index in [1.165, 1.54) is 12.1 Å². The Kier molecular flexibility index (Phi) is 6.16. The number of halogens is 1. The van der Waals surface area contributed by atoms with Gasteiger partial charge in [0.05, 0.1) is 0 Å². The summed E-state index contributed by atoms with van der Waals surface area (Å²) >= 11 is 0. The summed E-state index contributed by atoms with van der Waals surface area (Å²) in [7, 11) is 2.11. The van der Waals surface area contributed by atoms with Crippen LogP contribution in [0.4, 0.5) is 4.39 Å². The predicted molar refractivity (Wildman–Crippen MR) is 70.5 cm³/mol. The van der Waals surface area contributed by atoms with Crippen molar-refractivity contribution in [2.75, 3.05) is 20.1 Å². The molecule has 1 rings (SSSR count). The Morgan fingerprint density at radius 2 is 1.94 bits per heavy atom. The number of rotatable bonds is 7. The Morgan fingerprint density at radius 3 is 2.53 bits per heavy atom. The Labute approximate surface area is 104 Å². The molecule has 0 saturated heterocycles. The molecule has 1 unspecified atom stereocenters. The van der Waals surface area contributed by atoms with Crippen molar-refractivity contribution in [3.05, 3.63) is 35.6 Å². The quantitative estimate of drug-likeness (QED) is 0.735. The molecule has 1 atom stereocenters. The summed E-state index contributed by atoms with van der Waals surface area (Å²) in [4.78, 5) is 2.30. The van der Waals surface area contributed by atoms with Crippen LogP contribution in [0.2, 0.25) is 0 Å². The molecule has 0 saturated carbocycles. The topological polar surface area (TPSA) is 15.3 Å². The van der Waals surface area contributed by atoms with E-state index >= 15 is 0 Å². The van der Waals surface area contributed by atoms with E-state index < -0.39 is 0 Å². The molecule has 0 aromatic heterocycles. The molecule has 0 fully saturated rings. The van der Waals surface area contributed by atoms with E-state index in [9.17, 15) is 4.39 Å². The van der Waals surface area contributed by atoms with Crippen molar-refractivity contribution in [2.45, 2.75) is 32.9 Å². The van der Waals surface area contributed by atoms with E-state index in [0.29, 0.717) is 6.04 Å². The van der Waals surface area contributed by atoms with Gasteiger partial charge in [0.1, 0.15) is 5.82 Å². The minimum Gasteiger partial charge on any atom is -0.317 e. The van der Waals surface area contributed by atoms with Gasteiger partial charge in [0.2, 0.25) is 0 Å². The first-order valence-corrected chi connectivity index (χ1v) is 6.29. The molecule has 96 valence electrons. The zero-order valence-electron chi connectivity index (χ0n) is 11.0. The van der Waals surface area contributed by atoms with Gasteiger partial charge in [-0.3, -0.25) is 4.90 Å². The van der Waals surface area contributed by atoms with Gasteiger partial charge in [-0.1, -0.05) is 19.1 Å². The standard InChI is InChI=1S/C14H23FN2/c1-4-16-10-9-12(2)17(3)11-13-5-7-14(15)8-6-13/h5-8,12,16H,4,9-11H2,1-3H3. The first-order valence-electron chi connectivity index (χ1n) is 6.29. The smallest absolute Gasteiger partial charge is 0.123 e. The molecule has 1 N–H and O–H groups in total. The van der Waals surface area contributed by atoms with E-state index in [-0.39, 0.29) is 5.82 Å². The van der Waals surface area contributed by atoms with Crippen molar-refractivity contribution < 1.29 is 4.39 Å². The van der Waals surface area contributed by atoms with Crippen LogP contribution in [0.3, 0.4) is 0 Å². The molecule has 0 aliphatic heterocycles. The fourth-order valence-electron chi connectivity index (χ4n) is 1.74. The summed E-state index contributed by atoms with van der Waals surface area (Å²) < 4.78 is 12.8. The Hall–Kier alpha value is -0.930. The lowest BCUT2D eigenvalue weighted by Gasteiger charge is -2.24. The van der Waals surface area contributed by atoms with Gasteiger partial charge in [-0.25, -0.2) is 4.39 Å². The minimum absolute atomic E-state index is 0.170. The second kappa shape index (κ2) is 7.41. The molecule has 0 aliphatic rings. The number of hydrogen-bond donors (Lipinski definition) is 1. The third-order valence-corrected chi connectivity index (χ3v) is 3.09. The van der Waals surface area contributed by atoms with Crippen LogP contribution in [0.15, 0.2) is 24.3 Å². The van der Waals surface area contributed by atoms with Gasteiger partial charge in [0.25, 0.3) is 0 Å². The second-order valence-corrected chi connectivity index (χ2v) is 4.53. The average molecular weight is 238 g/mol. The molecule has 0 bridgehead atoms. The van der Waals surface area contributed by atoms with E-state index in [2.05, 4.69) is 31.1 Å². The van der Waals surface area contributed by atoms with Crippen LogP contribution in [0.5, 0.6) is 0 Å². The van der Waals surface area contributed by atoms with Gasteiger partial charge < -0.3 is 5.32 Å². The monoisotopic (exact) mass is 238 g/mol. The third-order valence-electron chi connectivity index (χ3n) is 3.09. The number of hydrogen-bond acceptors (Lipinski definition) is 2. The summed E-state index contributed by atoms with van der Waals surface area (Å²) in [6.07, 6.45) is 1.13. The molecule has 1 aromatic carbocycles. The molecular formula is C14H23FN2. The number of nitrogens with zero attached hydrogens (tertiary/aromatic N) is 1. The molecule has 3 heteroatoms. The average Bonchev–Trinajstić information content (AvgIpc) is 2.32. The highest BCUT2D eigenvalue weighted by atomic mass is 19.1. The van der Waals surface area contributed by atoms with Crippen LogP contribution >= 0.6 is 0 Å². The summed E-state index contributed by atoms with van der Waals surface area (Å²) in [5, 5.41) is 3.33. The highest BCUT2D eigenvalue weighted by molar-refractivity contribution is 5.15. The lowest BCUT2D eigenvalue weighted by atomic mass is 10.1. The maximum absolute atomic E-state index is 12.8. The molecule has 0 amide bonds. The molecule has 17 heavy (non-hydrogen) atoms. The Morgan fingerprint density at radius 1 is 1.29 bits per heavy atom. The fraction of sp³-hybridized carbons (Fsp3) is 0.571. The van der Waals surface area contributed by atoms with E-state index in [1.54, 1.807) is 0 Å². The maximum Gasteiger partial charge on any atom is 0.123 e. The summed E-state index contributed by atoms with van der Waals surface area (Å²) in [6.45, 7) is 7.28. The third kappa shape index (κ3) is 5.29. The SMILES string of the molecule is CCNCCC(C)N(C)Cc1ccc(F)cc1. The van der Waals surface area contributed by atoms with E-state index in [0.717, 1.165) is 31.6 Å². The van der Waals surface area contributed by atoms with Crippen molar-refractivity contribution in [3.8, 4) is 0 Å². The van der Waals surface area contributed by atoms with Crippen LogP contribution in [-0.2, 0) is 6.54 Å². The zero-order valence-corrected chi connectivity index (χ0v) is 11.0. The maximum atomic E-state index is 12.8. The molecule has 0 aliphatic carbocycles. The van der Waals surface area contributed by atoms with Gasteiger partial charge in [-0.05, 0) is 51.2 Å². The summed E-state index contributed by atoms with van der Waals surface area (Å²) in [5.41, 5.74) is 1.16. The van der Waals surface area contributed by atoms with Crippen LogP contribution in [0.25, 0.3) is 0 Å². The number of nitrogens with one attached hydrogen (secondary N) is 1. The van der Waals surface area contributed by atoms with Crippen molar-refractivity contribution in [1.29, 1.82) is 0 Å². The van der Waals surface area contributed by atoms with Gasteiger partial charge in [0.15, 0.2) is 0 Å². The van der Waals surface area contributed by atoms with Gasteiger partial charge in [-0.2, -0.15) is 0 Å². The molecular weight excluding hydrogens is 215 g/mol. The molecule has 1 aromatic rings. The van der Waals surface area contributed by atoms with Gasteiger partial charge in [0, 0.05) is 12.6 Å². The van der Waals surface area contributed by atoms with Crippen LogP contribution < -0.4 is 5.32 Å². The van der Waals surface area contributed by atoms with Gasteiger partial charge in [-0.15, -0.1) is 0 Å². The largest absolute Gasteiger partial charge is 0.317 e. The van der Waals surface area contributed by atoms with Crippen molar-refractivity contribution in [2.24, 2.45) is 0 Å². The minimum atomic E-state index is -0.170. The first kappa shape index (κ1) is 14.1. The predicted octanol–water partition coefficient (Wildman–Crippen LogP) is 2.65. The van der Waals surface area contributed by atoms with Crippen molar-refractivity contribution in [3.63, 3.8) is 0 Å². The fourth-order valence-corrected chi connectivity index (χ4v) is 1.74. The molecule has 2 nitrogen and oxygen atoms in total. The Balaban J connectivity index is 2.37. The normalized spacial score (nSPS) is 13.0. The summed E-state index contributed by atoms with van der Waals surface area (Å²) in [5.74, 6) is -0.170. The highest BCUT2D eigenvalue weighted by Gasteiger charge is 2.08.